The van der Waals surface area contributed by atoms with E-state index in [4.69, 9.17) is 0 Å². The zero-order valence-corrected chi connectivity index (χ0v) is 12.0. The summed E-state index contributed by atoms with van der Waals surface area (Å²) in [7, 11) is 0. The lowest BCUT2D eigenvalue weighted by molar-refractivity contribution is -0.107. The van der Waals surface area contributed by atoms with E-state index in [-0.39, 0.29) is 0 Å². The number of aldehydes is 1. The van der Waals surface area contributed by atoms with Crippen LogP contribution in [0, 0.1) is 0 Å². The number of carbonyl (C=O) groups excluding carboxylic acids is 1. The van der Waals surface area contributed by atoms with Crippen LogP contribution in [0.4, 0.5) is 0 Å². The van der Waals surface area contributed by atoms with E-state index in [1.165, 1.54) is 5.22 Å². The predicted molar refractivity (Wildman–Crippen MR) is 83.6 cm³/mol. The van der Waals surface area contributed by atoms with Crippen molar-refractivity contribution in [2.24, 2.45) is 0 Å². The highest BCUT2D eigenvalue weighted by molar-refractivity contribution is 5.71. The molecule has 0 N–H and O–H groups in total. The van der Waals surface area contributed by atoms with Crippen molar-refractivity contribution < 1.29 is 4.79 Å². The third-order valence-electron chi connectivity index (χ3n) is 3.29. The molecular weight excluding hydrogens is 246 g/mol. The second-order valence-corrected chi connectivity index (χ2v) is 4.59. The molecule has 0 saturated heterocycles. The maximum atomic E-state index is 10.9. The van der Waals surface area contributed by atoms with Crippen LogP contribution in [0.2, 0.25) is 0 Å². The van der Waals surface area contributed by atoms with E-state index in [1.807, 2.05) is 31.3 Å². The summed E-state index contributed by atoms with van der Waals surface area (Å²) in [4.78, 5) is 15.4. The molecule has 0 aliphatic carbocycles. The van der Waals surface area contributed by atoms with Crippen molar-refractivity contribution in [2.75, 3.05) is 0 Å². The van der Waals surface area contributed by atoms with E-state index in [0.29, 0.717) is 6.42 Å². The second-order valence-electron chi connectivity index (χ2n) is 4.59. The molecule has 0 saturated carbocycles. The summed E-state index contributed by atoms with van der Waals surface area (Å²) in [6, 6.07) is 10.2. The lowest BCUT2D eigenvalue weighted by atomic mass is 9.98. The predicted octanol–water partition coefficient (Wildman–Crippen LogP) is 2.48. The van der Waals surface area contributed by atoms with Crippen LogP contribution in [-0.2, 0) is 11.2 Å². The number of benzene rings is 1. The maximum Gasteiger partial charge on any atom is 0.125 e. The monoisotopic (exact) mass is 265 g/mol. The van der Waals surface area contributed by atoms with Gasteiger partial charge >= 0.3 is 0 Å². The minimum atomic E-state index is 0.346. The largest absolute Gasteiger partial charge is 0.303 e. The average molecular weight is 265 g/mol. The topological polar surface area (TPSA) is 30.0 Å². The van der Waals surface area contributed by atoms with Crippen molar-refractivity contribution in [1.82, 2.24) is 4.98 Å². The third-order valence-corrected chi connectivity index (χ3v) is 3.29. The Morgan fingerprint density at radius 2 is 1.95 bits per heavy atom. The summed E-state index contributed by atoms with van der Waals surface area (Å²) in [6.45, 7) is 4.13. The van der Waals surface area contributed by atoms with Gasteiger partial charge in [-0.3, -0.25) is 4.98 Å². The van der Waals surface area contributed by atoms with Gasteiger partial charge < -0.3 is 4.79 Å². The molecule has 0 atom stereocenters. The first-order valence-electron chi connectivity index (χ1n) is 6.95. The van der Waals surface area contributed by atoms with E-state index in [0.717, 1.165) is 34.7 Å². The van der Waals surface area contributed by atoms with Crippen molar-refractivity contribution in [3.63, 3.8) is 0 Å². The van der Waals surface area contributed by atoms with Gasteiger partial charge in [0.15, 0.2) is 0 Å². The summed E-state index contributed by atoms with van der Waals surface area (Å²) in [5, 5.41) is 2.29. The Balaban J connectivity index is 2.86. The highest BCUT2D eigenvalue weighted by Crippen LogP contribution is 2.17. The molecule has 102 valence electrons. The number of rotatable bonds is 4. The van der Waals surface area contributed by atoms with Gasteiger partial charge in [0.2, 0.25) is 0 Å². The molecule has 0 amide bonds. The summed E-state index contributed by atoms with van der Waals surface area (Å²) in [5.74, 6) is 0. The molecule has 0 bridgehead atoms. The van der Waals surface area contributed by atoms with Crippen molar-refractivity contribution in [3.8, 4) is 11.1 Å². The smallest absolute Gasteiger partial charge is 0.125 e. The lowest BCUT2D eigenvalue weighted by Crippen LogP contribution is -2.29. The summed E-state index contributed by atoms with van der Waals surface area (Å²) >= 11 is 0. The average Bonchev–Trinajstić information content (AvgIpc) is 2.49. The molecule has 0 aliphatic heterocycles. The van der Waals surface area contributed by atoms with Gasteiger partial charge in [-0.2, -0.15) is 0 Å². The minimum Gasteiger partial charge on any atom is -0.303 e. The molecule has 1 aromatic carbocycles. The Bertz CT molecular complexity index is 702. The molecule has 1 aromatic heterocycles. The Hall–Kier alpha value is -2.22. The first kappa shape index (κ1) is 14.2. The zero-order chi connectivity index (χ0) is 14.4. The van der Waals surface area contributed by atoms with Gasteiger partial charge in [0.1, 0.15) is 6.29 Å². The van der Waals surface area contributed by atoms with Gasteiger partial charge in [-0.25, -0.2) is 0 Å². The number of aromatic nitrogens is 1. The van der Waals surface area contributed by atoms with Crippen LogP contribution in [0.5, 0.6) is 0 Å². The normalized spacial score (nSPS) is 12.7. The van der Waals surface area contributed by atoms with Gasteiger partial charge in [-0.05, 0) is 29.3 Å². The molecule has 20 heavy (non-hydrogen) atoms. The number of carbonyl (C=O) groups is 1. The fraction of sp³-hybridized carbons (Fsp3) is 0.222. The lowest BCUT2D eigenvalue weighted by Gasteiger charge is -2.09. The third kappa shape index (κ3) is 2.85. The van der Waals surface area contributed by atoms with Crippen LogP contribution in [0.15, 0.2) is 36.5 Å². The molecule has 2 heteroatoms. The van der Waals surface area contributed by atoms with Gasteiger partial charge in [-0.15, -0.1) is 0 Å². The van der Waals surface area contributed by atoms with Crippen molar-refractivity contribution in [2.45, 2.75) is 26.7 Å². The van der Waals surface area contributed by atoms with E-state index in [9.17, 15) is 4.79 Å². The van der Waals surface area contributed by atoms with E-state index in [1.54, 1.807) is 0 Å². The number of hydrogen-bond acceptors (Lipinski definition) is 2. The van der Waals surface area contributed by atoms with E-state index < -0.39 is 0 Å². The zero-order valence-electron chi connectivity index (χ0n) is 12.0. The molecule has 2 aromatic rings. The molecule has 0 fully saturated rings. The first-order valence-corrected chi connectivity index (χ1v) is 6.95. The van der Waals surface area contributed by atoms with Crippen LogP contribution < -0.4 is 10.4 Å². The Morgan fingerprint density at radius 3 is 2.55 bits per heavy atom. The van der Waals surface area contributed by atoms with Crippen molar-refractivity contribution in [3.05, 3.63) is 52.7 Å². The minimum absolute atomic E-state index is 0.346. The van der Waals surface area contributed by atoms with Crippen molar-refractivity contribution in [1.29, 1.82) is 0 Å². The molecule has 2 rings (SSSR count). The summed E-state index contributed by atoms with van der Waals surface area (Å²) in [6.07, 6.45) is 8.33. The van der Waals surface area contributed by atoms with Gasteiger partial charge in [-0.1, -0.05) is 49.4 Å². The fourth-order valence-corrected chi connectivity index (χ4v) is 2.40. The van der Waals surface area contributed by atoms with E-state index in [2.05, 4.69) is 36.2 Å². The molecule has 0 spiro atoms. The van der Waals surface area contributed by atoms with Crippen LogP contribution >= 0.6 is 0 Å². The van der Waals surface area contributed by atoms with Gasteiger partial charge in [0.05, 0.1) is 5.69 Å². The van der Waals surface area contributed by atoms with Crippen molar-refractivity contribution >= 4 is 18.4 Å². The molecule has 0 unspecified atom stereocenters. The van der Waals surface area contributed by atoms with Gasteiger partial charge in [0, 0.05) is 18.2 Å². The highest BCUT2D eigenvalue weighted by Gasteiger charge is 2.08. The summed E-state index contributed by atoms with van der Waals surface area (Å²) in [5.41, 5.74) is 3.03. The van der Waals surface area contributed by atoms with Crippen LogP contribution in [0.25, 0.3) is 23.3 Å². The molecule has 2 nitrogen and oxygen atoms in total. The van der Waals surface area contributed by atoms with E-state index >= 15 is 0 Å². The van der Waals surface area contributed by atoms with Crippen LogP contribution in [0.1, 0.15) is 26.0 Å². The second kappa shape index (κ2) is 6.80. The van der Waals surface area contributed by atoms with Crippen LogP contribution in [-0.4, -0.2) is 11.3 Å². The van der Waals surface area contributed by atoms with Gasteiger partial charge in [0.25, 0.3) is 0 Å². The molecule has 0 radical (unpaired) electrons. The Kier molecular flexibility index (Phi) is 4.83. The Morgan fingerprint density at radius 1 is 1.20 bits per heavy atom. The highest BCUT2D eigenvalue weighted by atomic mass is 16.1. The quantitative estimate of drug-likeness (QED) is 0.795. The number of nitrogens with zero attached hydrogens (tertiary/aromatic N) is 1. The standard InChI is InChI=1S/C18H19NO/c1-3-8-16-14(4-2)13-19-17(11-12-20)18(16)15-9-6-5-7-10-15/h4-10,12-13H,3,11H2,1-2H3/b14-4-,16-8+. The SMILES string of the molecule is C/C=c1/cnc(CC=O)c(-c2ccccc2)/c1=C/CC. The molecule has 0 aliphatic rings. The Labute approximate surface area is 119 Å². The fourth-order valence-electron chi connectivity index (χ4n) is 2.40. The summed E-state index contributed by atoms with van der Waals surface area (Å²) < 4.78 is 0. The first-order chi connectivity index (χ1) is 9.81. The maximum absolute atomic E-state index is 10.9. The number of hydrogen-bond donors (Lipinski definition) is 0. The van der Waals surface area contributed by atoms with Crippen LogP contribution in [0.3, 0.4) is 0 Å². The molecular formula is C18H19NO. The molecule has 1 heterocycles. The number of pyridine rings is 1.